The van der Waals surface area contributed by atoms with Crippen molar-refractivity contribution in [2.24, 2.45) is 0 Å². The Kier molecular flexibility index (Phi) is 6.23. The van der Waals surface area contributed by atoms with Crippen molar-refractivity contribution in [3.05, 3.63) is 99.6 Å². The second-order valence-electron chi connectivity index (χ2n) is 7.32. The van der Waals surface area contributed by atoms with Gasteiger partial charge in [-0.15, -0.1) is 0 Å². The Bertz CT molecular complexity index is 1170. The maximum Gasteiger partial charge on any atom is 0.338 e. The fourth-order valence-corrected chi connectivity index (χ4v) is 3.59. The average molecular weight is 450 g/mol. The molecule has 1 heterocycles. The quantitative estimate of drug-likeness (QED) is 0.391. The van der Waals surface area contributed by atoms with Gasteiger partial charge < -0.3 is 9.47 Å². The van der Waals surface area contributed by atoms with Gasteiger partial charge in [0.05, 0.1) is 23.8 Å². The van der Waals surface area contributed by atoms with Crippen molar-refractivity contribution in [3.8, 4) is 5.75 Å². The van der Waals surface area contributed by atoms with E-state index in [2.05, 4.69) is 0 Å². The number of fused-ring (bicyclic) bond motifs is 1. The van der Waals surface area contributed by atoms with E-state index in [0.717, 1.165) is 16.9 Å². The zero-order valence-corrected chi connectivity index (χ0v) is 18.1. The molecule has 0 fully saturated rings. The summed E-state index contributed by atoms with van der Waals surface area (Å²) in [6.45, 7) is 0.322. The molecule has 0 atom stereocenters. The van der Waals surface area contributed by atoms with E-state index >= 15 is 0 Å². The van der Waals surface area contributed by atoms with E-state index in [9.17, 15) is 14.4 Å². The molecule has 3 aromatic rings. The Labute approximate surface area is 190 Å². The Morgan fingerprint density at radius 2 is 1.53 bits per heavy atom. The second kappa shape index (κ2) is 9.24. The van der Waals surface area contributed by atoms with E-state index in [1.54, 1.807) is 31.4 Å². The van der Waals surface area contributed by atoms with Gasteiger partial charge in [-0.2, -0.15) is 0 Å². The maximum absolute atomic E-state index is 12.8. The van der Waals surface area contributed by atoms with Crippen LogP contribution in [0.2, 0.25) is 5.02 Å². The van der Waals surface area contributed by atoms with Crippen LogP contribution in [0.5, 0.6) is 5.75 Å². The summed E-state index contributed by atoms with van der Waals surface area (Å²) in [5.74, 6) is -0.602. The first-order chi connectivity index (χ1) is 15.5. The first kappa shape index (κ1) is 21.6. The Balaban J connectivity index is 1.42. The topological polar surface area (TPSA) is 72.9 Å². The monoisotopic (exact) mass is 449 g/mol. The summed E-state index contributed by atoms with van der Waals surface area (Å²) in [6.07, 6.45) is 0.519. The largest absolute Gasteiger partial charge is 0.497 e. The molecular formula is C25H20ClNO5. The molecule has 0 saturated heterocycles. The molecule has 4 rings (SSSR count). The van der Waals surface area contributed by atoms with E-state index in [1.165, 1.54) is 23.1 Å². The summed E-state index contributed by atoms with van der Waals surface area (Å²) in [5.41, 5.74) is 2.49. The Hall–Kier alpha value is -3.64. The molecular weight excluding hydrogens is 430 g/mol. The van der Waals surface area contributed by atoms with Gasteiger partial charge in [-0.05, 0) is 60.0 Å². The number of hydrogen-bond donors (Lipinski definition) is 0. The third kappa shape index (κ3) is 4.50. The van der Waals surface area contributed by atoms with Crippen molar-refractivity contribution in [2.75, 3.05) is 13.7 Å². The molecule has 2 amide bonds. The van der Waals surface area contributed by atoms with Crippen LogP contribution in [0.4, 0.5) is 0 Å². The number of halogens is 1. The highest BCUT2D eigenvalue weighted by Crippen LogP contribution is 2.25. The molecule has 32 heavy (non-hydrogen) atoms. The molecule has 3 aromatic carbocycles. The van der Waals surface area contributed by atoms with E-state index in [0.29, 0.717) is 17.0 Å². The zero-order valence-electron chi connectivity index (χ0n) is 17.3. The van der Waals surface area contributed by atoms with Crippen molar-refractivity contribution in [1.82, 2.24) is 4.90 Å². The normalized spacial score (nSPS) is 12.6. The van der Waals surface area contributed by atoms with Crippen LogP contribution >= 0.6 is 11.6 Å². The van der Waals surface area contributed by atoms with Crippen LogP contribution in [0.3, 0.4) is 0 Å². The van der Waals surface area contributed by atoms with E-state index < -0.39 is 11.9 Å². The SMILES string of the molecule is COc1ccc(CCN2C(=O)c3ccc(C(=O)OCc4ccc(Cl)cc4)cc3C2=O)cc1. The highest BCUT2D eigenvalue weighted by atomic mass is 35.5. The van der Waals surface area contributed by atoms with Gasteiger partial charge in [0.25, 0.3) is 11.8 Å². The van der Waals surface area contributed by atoms with Crippen molar-refractivity contribution in [1.29, 1.82) is 0 Å². The summed E-state index contributed by atoms with van der Waals surface area (Å²) in [6, 6.07) is 18.8. The van der Waals surface area contributed by atoms with E-state index in [1.807, 2.05) is 24.3 Å². The number of carbonyl (C=O) groups is 3. The van der Waals surface area contributed by atoms with Gasteiger partial charge in [-0.1, -0.05) is 35.9 Å². The smallest absolute Gasteiger partial charge is 0.338 e. The minimum Gasteiger partial charge on any atom is -0.497 e. The Morgan fingerprint density at radius 1 is 0.875 bits per heavy atom. The highest BCUT2D eigenvalue weighted by Gasteiger charge is 2.35. The van der Waals surface area contributed by atoms with Crippen LogP contribution in [0, 0.1) is 0 Å². The summed E-state index contributed by atoms with van der Waals surface area (Å²) >= 11 is 5.85. The lowest BCUT2D eigenvalue weighted by Crippen LogP contribution is -2.31. The van der Waals surface area contributed by atoms with Crippen LogP contribution in [0.25, 0.3) is 0 Å². The van der Waals surface area contributed by atoms with Crippen molar-refractivity contribution >= 4 is 29.4 Å². The fraction of sp³-hybridized carbons (Fsp3) is 0.160. The standard InChI is InChI=1S/C25H20ClNO5/c1-31-20-9-4-16(5-10-20)12-13-27-23(28)21-11-6-18(14-22(21)24(27)29)25(30)32-15-17-2-7-19(26)8-3-17/h2-11,14H,12-13,15H2,1H3. The molecule has 0 bridgehead atoms. The lowest BCUT2D eigenvalue weighted by molar-refractivity contribution is 0.0472. The third-order valence-electron chi connectivity index (χ3n) is 5.27. The number of imide groups is 1. The van der Waals surface area contributed by atoms with Gasteiger partial charge in [0.15, 0.2) is 0 Å². The van der Waals surface area contributed by atoms with Gasteiger partial charge in [0.2, 0.25) is 0 Å². The molecule has 0 unspecified atom stereocenters. The molecule has 0 saturated carbocycles. The Morgan fingerprint density at radius 3 is 2.22 bits per heavy atom. The third-order valence-corrected chi connectivity index (χ3v) is 5.52. The summed E-state index contributed by atoms with van der Waals surface area (Å²) < 4.78 is 10.5. The molecule has 7 heteroatoms. The number of methoxy groups -OCH3 is 1. The van der Waals surface area contributed by atoms with Gasteiger partial charge in [-0.3, -0.25) is 14.5 Å². The second-order valence-corrected chi connectivity index (χ2v) is 7.76. The van der Waals surface area contributed by atoms with E-state index in [-0.39, 0.29) is 30.2 Å². The number of hydrogen-bond acceptors (Lipinski definition) is 5. The number of esters is 1. The van der Waals surface area contributed by atoms with Crippen molar-refractivity contribution < 1.29 is 23.9 Å². The number of benzene rings is 3. The summed E-state index contributed by atoms with van der Waals surface area (Å²) in [7, 11) is 1.59. The molecule has 0 N–H and O–H groups in total. The lowest BCUT2D eigenvalue weighted by atomic mass is 10.1. The minimum atomic E-state index is -0.570. The van der Waals surface area contributed by atoms with Crippen LogP contribution < -0.4 is 4.74 Å². The first-order valence-corrected chi connectivity index (χ1v) is 10.4. The van der Waals surface area contributed by atoms with Gasteiger partial charge >= 0.3 is 5.97 Å². The molecule has 6 nitrogen and oxygen atoms in total. The van der Waals surface area contributed by atoms with Crippen LogP contribution in [0.15, 0.2) is 66.7 Å². The molecule has 1 aliphatic heterocycles. The molecule has 162 valence electrons. The number of nitrogens with zero attached hydrogens (tertiary/aromatic N) is 1. The summed E-state index contributed by atoms with van der Waals surface area (Å²) in [5, 5.41) is 0.596. The van der Waals surface area contributed by atoms with Crippen molar-refractivity contribution in [2.45, 2.75) is 13.0 Å². The van der Waals surface area contributed by atoms with Gasteiger partial charge in [-0.25, -0.2) is 4.79 Å². The van der Waals surface area contributed by atoms with Crippen LogP contribution in [0.1, 0.15) is 42.2 Å². The minimum absolute atomic E-state index is 0.0773. The zero-order chi connectivity index (χ0) is 22.7. The molecule has 1 aliphatic rings. The predicted molar refractivity (Wildman–Crippen MR) is 119 cm³/mol. The molecule has 0 aromatic heterocycles. The molecule has 0 radical (unpaired) electrons. The average Bonchev–Trinajstić information content (AvgIpc) is 3.06. The number of rotatable bonds is 7. The first-order valence-electron chi connectivity index (χ1n) is 10.0. The van der Waals surface area contributed by atoms with Gasteiger partial charge in [0.1, 0.15) is 12.4 Å². The molecule has 0 spiro atoms. The lowest BCUT2D eigenvalue weighted by Gasteiger charge is -2.13. The molecule has 0 aliphatic carbocycles. The van der Waals surface area contributed by atoms with E-state index in [4.69, 9.17) is 21.1 Å². The van der Waals surface area contributed by atoms with Crippen LogP contribution in [-0.2, 0) is 17.8 Å². The summed E-state index contributed by atoms with van der Waals surface area (Å²) in [4.78, 5) is 39.2. The number of carbonyl (C=O) groups excluding carboxylic acids is 3. The predicted octanol–water partition coefficient (Wildman–Crippen LogP) is 4.54. The van der Waals surface area contributed by atoms with Crippen molar-refractivity contribution in [3.63, 3.8) is 0 Å². The maximum atomic E-state index is 12.8. The number of ether oxygens (including phenoxy) is 2. The highest BCUT2D eigenvalue weighted by molar-refractivity contribution is 6.30. The van der Waals surface area contributed by atoms with Crippen LogP contribution in [-0.4, -0.2) is 36.3 Å². The van der Waals surface area contributed by atoms with Gasteiger partial charge in [0, 0.05) is 11.6 Å². The fourth-order valence-electron chi connectivity index (χ4n) is 3.47. The number of amides is 2.